The van der Waals surface area contributed by atoms with Crippen molar-refractivity contribution in [1.82, 2.24) is 0 Å². The fourth-order valence-corrected chi connectivity index (χ4v) is 2.21. The Labute approximate surface area is 126 Å². The van der Waals surface area contributed by atoms with Gasteiger partial charge in [0.15, 0.2) is 0 Å². The third-order valence-electron chi connectivity index (χ3n) is 3.37. The summed E-state index contributed by atoms with van der Waals surface area (Å²) in [5.41, 5.74) is 11.0. The summed E-state index contributed by atoms with van der Waals surface area (Å²) in [5, 5.41) is 3.95. The van der Waals surface area contributed by atoms with E-state index in [0.29, 0.717) is 10.7 Å². The van der Waals surface area contributed by atoms with Gasteiger partial charge in [0.1, 0.15) is 0 Å². The van der Waals surface area contributed by atoms with Crippen molar-refractivity contribution in [1.29, 1.82) is 0 Å². The molecule has 2 rings (SSSR count). The van der Waals surface area contributed by atoms with Crippen LogP contribution in [0, 0.1) is 6.92 Å². The van der Waals surface area contributed by atoms with Gasteiger partial charge in [-0.2, -0.15) is 0 Å². The van der Waals surface area contributed by atoms with Crippen molar-refractivity contribution in [3.8, 4) is 0 Å². The van der Waals surface area contributed by atoms with Gasteiger partial charge in [0.25, 0.3) is 0 Å². The zero-order valence-electron chi connectivity index (χ0n) is 12.4. The molecule has 0 radical (unpaired) electrons. The molecule has 2 nitrogen and oxygen atoms in total. The Balaban J connectivity index is 2.25. The van der Waals surface area contributed by atoms with Crippen LogP contribution >= 0.6 is 11.6 Å². The summed E-state index contributed by atoms with van der Waals surface area (Å²) in [6.45, 7) is 8.64. The van der Waals surface area contributed by atoms with Crippen LogP contribution in [0.4, 0.5) is 17.1 Å². The molecule has 0 heterocycles. The Morgan fingerprint density at radius 3 is 2.20 bits per heavy atom. The highest BCUT2D eigenvalue weighted by molar-refractivity contribution is 6.33. The highest BCUT2D eigenvalue weighted by Gasteiger charge is 2.13. The fraction of sp³-hybridized carbons (Fsp3) is 0.294. The van der Waals surface area contributed by atoms with Crippen LogP contribution in [0.15, 0.2) is 36.4 Å². The van der Waals surface area contributed by atoms with Crippen LogP contribution in [0.5, 0.6) is 0 Å². The molecule has 106 valence electrons. The Kier molecular flexibility index (Phi) is 3.96. The van der Waals surface area contributed by atoms with Gasteiger partial charge in [-0.3, -0.25) is 0 Å². The average molecular weight is 289 g/mol. The van der Waals surface area contributed by atoms with E-state index in [-0.39, 0.29) is 5.41 Å². The van der Waals surface area contributed by atoms with Crippen LogP contribution in [0.25, 0.3) is 0 Å². The minimum Gasteiger partial charge on any atom is -0.398 e. The van der Waals surface area contributed by atoms with Crippen molar-refractivity contribution < 1.29 is 0 Å². The lowest BCUT2D eigenvalue weighted by Crippen LogP contribution is -2.10. The van der Waals surface area contributed by atoms with Gasteiger partial charge in [-0.15, -0.1) is 0 Å². The van der Waals surface area contributed by atoms with Gasteiger partial charge in [0.2, 0.25) is 0 Å². The van der Waals surface area contributed by atoms with E-state index < -0.39 is 0 Å². The summed E-state index contributed by atoms with van der Waals surface area (Å²) in [5.74, 6) is 0. The highest BCUT2D eigenvalue weighted by atomic mass is 35.5. The third kappa shape index (κ3) is 3.26. The molecule has 0 amide bonds. The molecule has 0 saturated carbocycles. The van der Waals surface area contributed by atoms with E-state index in [1.807, 2.05) is 19.1 Å². The maximum Gasteiger partial charge on any atom is 0.0656 e. The minimum absolute atomic E-state index is 0.166. The van der Waals surface area contributed by atoms with Gasteiger partial charge in [0.05, 0.1) is 10.7 Å². The number of anilines is 3. The fourth-order valence-electron chi connectivity index (χ4n) is 2.05. The SMILES string of the molecule is Cc1cc(N)c(Cl)cc1Nc1ccc(C(C)(C)C)cc1. The topological polar surface area (TPSA) is 38.0 Å². The van der Waals surface area contributed by atoms with E-state index in [0.717, 1.165) is 16.9 Å². The van der Waals surface area contributed by atoms with Crippen molar-refractivity contribution in [3.63, 3.8) is 0 Å². The second-order valence-electron chi connectivity index (χ2n) is 6.14. The smallest absolute Gasteiger partial charge is 0.0656 e. The molecule has 2 aromatic rings. The second kappa shape index (κ2) is 5.37. The Morgan fingerprint density at radius 2 is 1.65 bits per heavy atom. The first-order valence-corrected chi connectivity index (χ1v) is 7.08. The summed E-state index contributed by atoms with van der Waals surface area (Å²) >= 11 is 6.07. The number of rotatable bonds is 2. The molecule has 0 aliphatic rings. The monoisotopic (exact) mass is 288 g/mol. The van der Waals surface area contributed by atoms with E-state index in [1.54, 1.807) is 0 Å². The van der Waals surface area contributed by atoms with Gasteiger partial charge in [-0.1, -0.05) is 44.5 Å². The number of nitrogens with one attached hydrogen (secondary N) is 1. The first kappa shape index (κ1) is 14.7. The predicted octanol–water partition coefficient (Wildman–Crippen LogP) is 5.27. The number of hydrogen-bond donors (Lipinski definition) is 2. The number of benzene rings is 2. The number of halogens is 1. The predicted molar refractivity (Wildman–Crippen MR) is 89.0 cm³/mol. The van der Waals surface area contributed by atoms with Gasteiger partial charge in [-0.25, -0.2) is 0 Å². The molecule has 0 aliphatic heterocycles. The van der Waals surface area contributed by atoms with Gasteiger partial charge in [0, 0.05) is 11.4 Å². The quantitative estimate of drug-likeness (QED) is 0.739. The van der Waals surface area contributed by atoms with Crippen LogP contribution in [-0.4, -0.2) is 0 Å². The number of aryl methyl sites for hydroxylation is 1. The summed E-state index contributed by atoms with van der Waals surface area (Å²) in [4.78, 5) is 0. The zero-order chi connectivity index (χ0) is 14.9. The lowest BCUT2D eigenvalue weighted by Gasteiger charge is -2.19. The first-order chi connectivity index (χ1) is 9.27. The summed E-state index contributed by atoms with van der Waals surface area (Å²) in [7, 11) is 0. The van der Waals surface area contributed by atoms with E-state index in [1.165, 1.54) is 5.56 Å². The minimum atomic E-state index is 0.166. The molecule has 0 unspecified atom stereocenters. The molecular weight excluding hydrogens is 268 g/mol. The summed E-state index contributed by atoms with van der Waals surface area (Å²) < 4.78 is 0. The molecule has 0 saturated heterocycles. The molecule has 2 aromatic carbocycles. The van der Waals surface area contributed by atoms with Crippen molar-refractivity contribution in [2.24, 2.45) is 0 Å². The molecule has 20 heavy (non-hydrogen) atoms. The number of nitrogens with two attached hydrogens (primary N) is 1. The maximum atomic E-state index is 6.07. The molecule has 3 N–H and O–H groups in total. The van der Waals surface area contributed by atoms with Crippen molar-refractivity contribution in [2.75, 3.05) is 11.1 Å². The second-order valence-corrected chi connectivity index (χ2v) is 6.55. The summed E-state index contributed by atoms with van der Waals surface area (Å²) in [6, 6.07) is 12.2. The molecule has 0 aromatic heterocycles. The number of hydrogen-bond acceptors (Lipinski definition) is 2. The molecule has 0 aliphatic carbocycles. The summed E-state index contributed by atoms with van der Waals surface area (Å²) in [6.07, 6.45) is 0. The molecule has 3 heteroatoms. The Bertz CT molecular complexity index is 610. The lowest BCUT2D eigenvalue weighted by atomic mass is 9.87. The standard InChI is InChI=1S/C17H21ClN2/c1-11-9-15(19)14(18)10-16(11)20-13-7-5-12(6-8-13)17(2,3)4/h5-10,20H,19H2,1-4H3. The van der Waals surface area contributed by atoms with Crippen molar-refractivity contribution in [3.05, 3.63) is 52.5 Å². The van der Waals surface area contributed by atoms with E-state index >= 15 is 0 Å². The van der Waals surface area contributed by atoms with E-state index in [9.17, 15) is 0 Å². The average Bonchev–Trinajstić information content (AvgIpc) is 2.35. The van der Waals surface area contributed by atoms with Crippen LogP contribution < -0.4 is 11.1 Å². The molecular formula is C17H21ClN2. The number of nitrogen functional groups attached to an aromatic ring is 1. The van der Waals surface area contributed by atoms with Crippen molar-refractivity contribution in [2.45, 2.75) is 33.1 Å². The van der Waals surface area contributed by atoms with Gasteiger partial charge >= 0.3 is 0 Å². The Hall–Kier alpha value is -1.67. The normalized spacial score (nSPS) is 11.4. The van der Waals surface area contributed by atoms with Gasteiger partial charge < -0.3 is 11.1 Å². The Morgan fingerprint density at radius 1 is 1.05 bits per heavy atom. The lowest BCUT2D eigenvalue weighted by molar-refractivity contribution is 0.590. The van der Waals surface area contributed by atoms with Crippen LogP contribution in [-0.2, 0) is 5.41 Å². The van der Waals surface area contributed by atoms with E-state index in [2.05, 4.69) is 50.4 Å². The van der Waals surface area contributed by atoms with Crippen LogP contribution in [0.1, 0.15) is 31.9 Å². The van der Waals surface area contributed by atoms with Gasteiger partial charge in [-0.05, 0) is 47.7 Å². The largest absolute Gasteiger partial charge is 0.398 e. The molecule has 0 atom stereocenters. The maximum absolute atomic E-state index is 6.07. The van der Waals surface area contributed by atoms with Crippen LogP contribution in [0.2, 0.25) is 5.02 Å². The van der Waals surface area contributed by atoms with E-state index in [4.69, 9.17) is 17.3 Å². The first-order valence-electron chi connectivity index (χ1n) is 6.70. The molecule has 0 fully saturated rings. The van der Waals surface area contributed by atoms with Crippen molar-refractivity contribution >= 4 is 28.7 Å². The third-order valence-corrected chi connectivity index (χ3v) is 3.70. The molecule has 0 bridgehead atoms. The highest BCUT2D eigenvalue weighted by Crippen LogP contribution is 2.30. The molecule has 0 spiro atoms. The van der Waals surface area contributed by atoms with Crippen LogP contribution in [0.3, 0.4) is 0 Å². The zero-order valence-corrected chi connectivity index (χ0v) is 13.2.